The summed E-state index contributed by atoms with van der Waals surface area (Å²) in [5, 5.41) is 4.36. The molecule has 9 heteroatoms. The minimum atomic E-state index is -4.03. The highest BCUT2D eigenvalue weighted by molar-refractivity contribution is 7.92. The number of carbonyl (C=O) groups is 1. The maximum Gasteiger partial charge on any atom is 0.264 e. The third-order valence-corrected chi connectivity index (χ3v) is 7.07. The van der Waals surface area contributed by atoms with E-state index >= 15 is 0 Å². The molecule has 1 N–H and O–H groups in total. The van der Waals surface area contributed by atoms with Crippen molar-refractivity contribution in [2.24, 2.45) is 5.10 Å². The number of ether oxygens (including phenoxy) is 1. The van der Waals surface area contributed by atoms with Crippen LogP contribution in [0.25, 0.3) is 0 Å². The van der Waals surface area contributed by atoms with Gasteiger partial charge in [-0.15, -0.1) is 0 Å². The highest BCUT2D eigenvalue weighted by Crippen LogP contribution is 2.30. The predicted molar refractivity (Wildman–Crippen MR) is 135 cm³/mol. The van der Waals surface area contributed by atoms with Crippen LogP contribution in [-0.4, -0.2) is 33.7 Å². The summed E-state index contributed by atoms with van der Waals surface area (Å²) in [6, 6.07) is 20.1. The van der Waals surface area contributed by atoms with E-state index in [4.69, 9.17) is 16.3 Å². The van der Waals surface area contributed by atoms with Crippen molar-refractivity contribution in [2.45, 2.75) is 25.2 Å². The van der Waals surface area contributed by atoms with Crippen LogP contribution in [0.5, 0.6) is 5.75 Å². The molecule has 0 aliphatic carbocycles. The first-order valence-electron chi connectivity index (χ1n) is 10.7. The summed E-state index contributed by atoms with van der Waals surface area (Å²) in [7, 11) is -4.03. The van der Waals surface area contributed by atoms with Gasteiger partial charge in [0.1, 0.15) is 12.3 Å². The molecule has 0 spiro atoms. The molecular weight excluding hydrogens is 474 g/mol. The lowest BCUT2D eigenvalue weighted by molar-refractivity contribution is -0.119. The van der Waals surface area contributed by atoms with Crippen molar-refractivity contribution < 1.29 is 17.9 Å². The molecule has 0 aromatic heterocycles. The van der Waals surface area contributed by atoms with Crippen molar-refractivity contribution in [3.8, 4) is 5.75 Å². The molecule has 3 aromatic carbocycles. The quantitative estimate of drug-likeness (QED) is 0.321. The molecular formula is C25H26ClN3O4S. The van der Waals surface area contributed by atoms with Crippen LogP contribution < -0.4 is 14.5 Å². The second-order valence-corrected chi connectivity index (χ2v) is 9.69. The molecule has 1 amide bonds. The smallest absolute Gasteiger partial charge is 0.264 e. The Morgan fingerprint density at radius 3 is 2.44 bits per heavy atom. The van der Waals surface area contributed by atoms with E-state index in [2.05, 4.69) is 10.5 Å². The summed E-state index contributed by atoms with van der Waals surface area (Å²) >= 11 is 6.23. The number of hydrazone groups is 1. The third-order valence-electron chi connectivity index (χ3n) is 4.88. The van der Waals surface area contributed by atoms with Gasteiger partial charge in [0.15, 0.2) is 0 Å². The number of amides is 1. The van der Waals surface area contributed by atoms with Gasteiger partial charge in [0, 0.05) is 5.02 Å². The molecule has 0 fully saturated rings. The lowest BCUT2D eigenvalue weighted by Crippen LogP contribution is -2.40. The Bertz CT molecular complexity index is 1250. The van der Waals surface area contributed by atoms with Crippen molar-refractivity contribution in [1.82, 2.24) is 5.43 Å². The first kappa shape index (κ1) is 25.3. The van der Waals surface area contributed by atoms with E-state index in [1.54, 1.807) is 43.3 Å². The number of rotatable bonds is 10. The fourth-order valence-corrected chi connectivity index (χ4v) is 4.77. The van der Waals surface area contributed by atoms with Crippen molar-refractivity contribution in [1.29, 1.82) is 0 Å². The van der Waals surface area contributed by atoms with Gasteiger partial charge < -0.3 is 4.74 Å². The van der Waals surface area contributed by atoms with Crippen molar-refractivity contribution in [3.63, 3.8) is 0 Å². The summed E-state index contributed by atoms with van der Waals surface area (Å²) in [6.07, 6.45) is 2.39. The molecule has 178 valence electrons. The zero-order chi connectivity index (χ0) is 24.6. The molecule has 0 aliphatic heterocycles. The number of nitrogens with zero attached hydrogens (tertiary/aromatic N) is 2. The number of anilines is 1. The Morgan fingerprint density at radius 2 is 1.76 bits per heavy atom. The number of sulfonamides is 1. The molecule has 0 radical (unpaired) electrons. The Balaban J connectivity index is 1.78. The average Bonchev–Trinajstić information content (AvgIpc) is 2.84. The summed E-state index contributed by atoms with van der Waals surface area (Å²) in [5.74, 6) is 0.153. The second kappa shape index (κ2) is 11.7. The fraction of sp³-hybridized carbons (Fsp3) is 0.200. The second-order valence-electron chi connectivity index (χ2n) is 7.42. The predicted octanol–water partition coefficient (Wildman–Crippen LogP) is 4.78. The number of hydrogen-bond acceptors (Lipinski definition) is 5. The zero-order valence-electron chi connectivity index (χ0n) is 18.9. The van der Waals surface area contributed by atoms with E-state index in [0.29, 0.717) is 22.9 Å². The largest absolute Gasteiger partial charge is 0.494 e. The first-order valence-corrected chi connectivity index (χ1v) is 12.5. The molecule has 0 bridgehead atoms. The maximum absolute atomic E-state index is 13.4. The van der Waals surface area contributed by atoms with Gasteiger partial charge >= 0.3 is 0 Å². The molecule has 3 aromatic rings. The summed E-state index contributed by atoms with van der Waals surface area (Å²) < 4.78 is 33.3. The zero-order valence-corrected chi connectivity index (χ0v) is 20.5. The highest BCUT2D eigenvalue weighted by Gasteiger charge is 2.28. The van der Waals surface area contributed by atoms with Crippen LogP contribution in [0, 0.1) is 6.92 Å². The van der Waals surface area contributed by atoms with Crippen LogP contribution in [0.2, 0.25) is 5.02 Å². The molecule has 3 rings (SSSR count). The van der Waals surface area contributed by atoms with Crippen molar-refractivity contribution >= 4 is 39.4 Å². The Hall–Kier alpha value is -3.36. The SMILES string of the molecule is CCCOc1ccc(/C=N\NC(=O)CN(c2cccc(Cl)c2C)S(=O)(=O)c2ccccc2)cc1. The summed E-state index contributed by atoms with van der Waals surface area (Å²) in [4.78, 5) is 12.7. The van der Waals surface area contributed by atoms with E-state index in [1.807, 2.05) is 31.2 Å². The fourth-order valence-electron chi connectivity index (χ4n) is 3.10. The number of hydrogen-bond donors (Lipinski definition) is 1. The van der Waals surface area contributed by atoms with E-state index < -0.39 is 22.5 Å². The van der Waals surface area contributed by atoms with E-state index in [1.165, 1.54) is 18.3 Å². The minimum absolute atomic E-state index is 0.0658. The molecule has 0 unspecified atom stereocenters. The normalized spacial score (nSPS) is 11.4. The molecule has 7 nitrogen and oxygen atoms in total. The Kier molecular flexibility index (Phi) is 8.67. The van der Waals surface area contributed by atoms with Crippen molar-refractivity contribution in [3.05, 3.63) is 88.9 Å². The molecule has 0 saturated heterocycles. The van der Waals surface area contributed by atoms with Gasteiger partial charge in [0.25, 0.3) is 15.9 Å². The Labute approximate surface area is 205 Å². The molecule has 0 heterocycles. The first-order chi connectivity index (χ1) is 16.3. The summed E-state index contributed by atoms with van der Waals surface area (Å²) in [6.45, 7) is 3.90. The van der Waals surface area contributed by atoms with Crippen molar-refractivity contribution in [2.75, 3.05) is 17.5 Å². The lowest BCUT2D eigenvalue weighted by Gasteiger charge is -2.25. The van der Waals surface area contributed by atoms with Crippen LogP contribution in [-0.2, 0) is 14.8 Å². The highest BCUT2D eigenvalue weighted by atomic mass is 35.5. The number of benzene rings is 3. The van der Waals surface area contributed by atoms with Gasteiger partial charge in [0.2, 0.25) is 0 Å². The van der Waals surface area contributed by atoms with Gasteiger partial charge in [-0.1, -0.05) is 42.8 Å². The van der Waals surface area contributed by atoms with Gasteiger partial charge in [-0.3, -0.25) is 9.10 Å². The topological polar surface area (TPSA) is 88.1 Å². The van der Waals surface area contributed by atoms with Crippen LogP contribution in [0.15, 0.2) is 82.8 Å². The van der Waals surface area contributed by atoms with E-state index in [0.717, 1.165) is 22.0 Å². The van der Waals surface area contributed by atoms with Gasteiger partial charge in [-0.2, -0.15) is 5.10 Å². The van der Waals surface area contributed by atoms with Gasteiger partial charge in [0.05, 0.1) is 23.4 Å². The molecule has 0 saturated carbocycles. The van der Waals surface area contributed by atoms with Gasteiger partial charge in [-0.25, -0.2) is 13.8 Å². The number of carbonyl (C=O) groups excluding carboxylic acids is 1. The molecule has 0 aliphatic rings. The van der Waals surface area contributed by atoms with Crippen LogP contribution >= 0.6 is 11.6 Å². The van der Waals surface area contributed by atoms with Crippen LogP contribution in [0.1, 0.15) is 24.5 Å². The number of halogens is 1. The van der Waals surface area contributed by atoms with E-state index in [-0.39, 0.29) is 4.90 Å². The van der Waals surface area contributed by atoms with Crippen LogP contribution in [0.3, 0.4) is 0 Å². The standard InChI is InChI=1S/C25H26ClN3O4S/c1-3-16-33-21-14-12-20(13-15-21)17-27-28-25(30)18-29(24-11-7-10-23(26)19(24)2)34(31,32)22-8-5-4-6-9-22/h4-15,17H,3,16,18H2,1-2H3,(H,28,30)/b27-17-. The Morgan fingerprint density at radius 1 is 1.06 bits per heavy atom. The maximum atomic E-state index is 13.4. The average molecular weight is 500 g/mol. The molecule has 34 heavy (non-hydrogen) atoms. The monoisotopic (exact) mass is 499 g/mol. The third kappa shape index (κ3) is 6.36. The number of nitrogens with one attached hydrogen (secondary N) is 1. The van der Waals surface area contributed by atoms with Crippen LogP contribution in [0.4, 0.5) is 5.69 Å². The summed E-state index contributed by atoms with van der Waals surface area (Å²) in [5.41, 5.74) is 4.02. The molecule has 0 atom stereocenters. The lowest BCUT2D eigenvalue weighted by atomic mass is 10.2. The minimum Gasteiger partial charge on any atom is -0.494 e. The van der Waals surface area contributed by atoms with E-state index in [9.17, 15) is 13.2 Å². The van der Waals surface area contributed by atoms with Gasteiger partial charge in [-0.05, 0) is 73.0 Å².